The van der Waals surface area contributed by atoms with E-state index < -0.39 is 10.0 Å². The van der Waals surface area contributed by atoms with Crippen molar-refractivity contribution < 1.29 is 13.2 Å². The molecule has 1 aliphatic heterocycles. The molecule has 0 aliphatic carbocycles. The van der Waals surface area contributed by atoms with Crippen LogP contribution >= 0.6 is 0 Å². The van der Waals surface area contributed by atoms with Gasteiger partial charge < -0.3 is 10.2 Å². The van der Waals surface area contributed by atoms with Crippen molar-refractivity contribution >= 4 is 15.9 Å². The number of benzene rings is 1. The molecule has 1 saturated heterocycles. The Kier molecular flexibility index (Phi) is 5.93. The van der Waals surface area contributed by atoms with E-state index in [4.69, 9.17) is 0 Å². The zero-order valence-corrected chi connectivity index (χ0v) is 13.7. The molecule has 1 amide bonds. The van der Waals surface area contributed by atoms with Gasteiger partial charge in [-0.25, -0.2) is 8.42 Å². The number of amides is 1. The van der Waals surface area contributed by atoms with Crippen LogP contribution in [0.5, 0.6) is 0 Å². The van der Waals surface area contributed by atoms with Crippen molar-refractivity contribution in [2.75, 3.05) is 39.8 Å². The van der Waals surface area contributed by atoms with Crippen molar-refractivity contribution in [3.8, 4) is 0 Å². The van der Waals surface area contributed by atoms with Crippen molar-refractivity contribution in [1.29, 1.82) is 0 Å². The lowest BCUT2D eigenvalue weighted by atomic mass is 10.2. The minimum absolute atomic E-state index is 0.104. The van der Waals surface area contributed by atoms with Gasteiger partial charge in [0, 0.05) is 32.6 Å². The van der Waals surface area contributed by atoms with E-state index in [1.54, 1.807) is 35.2 Å². The highest BCUT2D eigenvalue weighted by molar-refractivity contribution is 7.89. The summed E-state index contributed by atoms with van der Waals surface area (Å²) in [5, 5.41) is 3.01. The molecule has 122 valence electrons. The molecule has 0 saturated carbocycles. The molecule has 0 spiro atoms. The number of hydrogen-bond donors (Lipinski definition) is 1. The van der Waals surface area contributed by atoms with Crippen molar-refractivity contribution in [3.63, 3.8) is 0 Å². The van der Waals surface area contributed by atoms with Crippen LogP contribution in [-0.4, -0.2) is 63.3 Å². The summed E-state index contributed by atoms with van der Waals surface area (Å²) in [6.45, 7) is 2.45. The number of rotatable bonds is 6. The average molecular weight is 325 g/mol. The Bertz CT molecular complexity index is 581. The highest BCUT2D eigenvalue weighted by Crippen LogP contribution is 2.17. The summed E-state index contributed by atoms with van der Waals surface area (Å²) in [6.07, 6.45) is 1.31. The zero-order chi connectivity index (χ0) is 16.0. The van der Waals surface area contributed by atoms with Gasteiger partial charge in [0.1, 0.15) is 0 Å². The number of sulfonamides is 1. The van der Waals surface area contributed by atoms with Crippen molar-refractivity contribution in [2.45, 2.75) is 17.7 Å². The van der Waals surface area contributed by atoms with Gasteiger partial charge in [-0.05, 0) is 32.1 Å². The van der Waals surface area contributed by atoms with Gasteiger partial charge in [-0.15, -0.1) is 0 Å². The van der Waals surface area contributed by atoms with Crippen molar-refractivity contribution in [3.05, 3.63) is 30.3 Å². The van der Waals surface area contributed by atoms with Crippen LogP contribution in [0.4, 0.5) is 0 Å². The smallest absolute Gasteiger partial charge is 0.243 e. The lowest BCUT2D eigenvalue weighted by molar-refractivity contribution is -0.132. The Hall–Kier alpha value is -1.44. The topological polar surface area (TPSA) is 69.7 Å². The van der Waals surface area contributed by atoms with E-state index in [0.717, 1.165) is 13.0 Å². The normalized spacial score (nSPS) is 16.7. The molecule has 2 rings (SSSR count). The lowest BCUT2D eigenvalue weighted by Crippen LogP contribution is -2.50. The van der Waals surface area contributed by atoms with Crippen LogP contribution in [0.3, 0.4) is 0 Å². The third-order valence-electron chi connectivity index (χ3n) is 3.79. The number of hydrogen-bond acceptors (Lipinski definition) is 4. The summed E-state index contributed by atoms with van der Waals surface area (Å²) in [5.74, 6) is 0.104. The maximum atomic E-state index is 12.5. The van der Waals surface area contributed by atoms with Gasteiger partial charge >= 0.3 is 0 Å². The molecule has 1 heterocycles. The summed E-state index contributed by atoms with van der Waals surface area (Å²) in [7, 11) is -1.59. The Balaban J connectivity index is 1.91. The highest BCUT2D eigenvalue weighted by atomic mass is 32.2. The maximum absolute atomic E-state index is 12.5. The molecule has 0 unspecified atom stereocenters. The summed E-state index contributed by atoms with van der Waals surface area (Å²) < 4.78 is 26.4. The number of nitrogens with one attached hydrogen (secondary N) is 1. The largest absolute Gasteiger partial charge is 0.340 e. The van der Waals surface area contributed by atoms with Crippen LogP contribution in [0.25, 0.3) is 0 Å². The standard InChI is InChI=1S/C15H23N3O3S/c1-16-9-5-8-15(19)17-10-12-18(13-11-17)22(20,21)14-6-3-2-4-7-14/h2-4,6-7,16H,5,8-13H2,1H3. The van der Waals surface area contributed by atoms with Gasteiger partial charge in [-0.3, -0.25) is 4.79 Å². The second kappa shape index (κ2) is 7.71. The number of piperazine rings is 1. The van der Waals surface area contributed by atoms with E-state index in [9.17, 15) is 13.2 Å². The minimum atomic E-state index is -3.45. The fourth-order valence-corrected chi connectivity index (χ4v) is 3.94. The molecular weight excluding hydrogens is 302 g/mol. The molecular formula is C15H23N3O3S. The number of nitrogens with zero attached hydrogens (tertiary/aromatic N) is 2. The molecule has 0 radical (unpaired) electrons. The van der Waals surface area contributed by atoms with E-state index in [0.29, 0.717) is 37.5 Å². The molecule has 22 heavy (non-hydrogen) atoms. The second-order valence-corrected chi connectivity index (χ2v) is 7.24. The van der Waals surface area contributed by atoms with Crippen LogP contribution in [0.2, 0.25) is 0 Å². The van der Waals surface area contributed by atoms with Crippen molar-refractivity contribution in [2.24, 2.45) is 0 Å². The minimum Gasteiger partial charge on any atom is -0.340 e. The van der Waals surface area contributed by atoms with Crippen LogP contribution < -0.4 is 5.32 Å². The molecule has 0 aromatic heterocycles. The summed E-state index contributed by atoms with van der Waals surface area (Å²) in [5.41, 5.74) is 0. The average Bonchev–Trinajstić information content (AvgIpc) is 2.56. The van der Waals surface area contributed by atoms with E-state index in [1.165, 1.54) is 4.31 Å². The van der Waals surface area contributed by atoms with Crippen LogP contribution in [0, 0.1) is 0 Å². The van der Waals surface area contributed by atoms with Gasteiger partial charge in [0.15, 0.2) is 0 Å². The number of carbonyl (C=O) groups excluding carboxylic acids is 1. The Morgan fingerprint density at radius 1 is 1.14 bits per heavy atom. The first kappa shape index (κ1) is 16.9. The van der Waals surface area contributed by atoms with Crippen LogP contribution in [0.15, 0.2) is 35.2 Å². The fourth-order valence-electron chi connectivity index (χ4n) is 2.49. The first-order valence-electron chi connectivity index (χ1n) is 7.53. The van der Waals surface area contributed by atoms with Gasteiger partial charge in [-0.2, -0.15) is 4.31 Å². The molecule has 0 atom stereocenters. The summed E-state index contributed by atoms with van der Waals surface area (Å²) in [6, 6.07) is 8.43. The number of carbonyl (C=O) groups is 1. The quantitative estimate of drug-likeness (QED) is 0.774. The van der Waals surface area contributed by atoms with E-state index >= 15 is 0 Å². The monoisotopic (exact) mass is 325 g/mol. The second-order valence-electron chi connectivity index (χ2n) is 5.31. The highest BCUT2D eigenvalue weighted by Gasteiger charge is 2.29. The van der Waals surface area contributed by atoms with Gasteiger partial charge in [0.25, 0.3) is 0 Å². The molecule has 1 aromatic carbocycles. The van der Waals surface area contributed by atoms with Crippen LogP contribution in [0.1, 0.15) is 12.8 Å². The predicted molar refractivity (Wildman–Crippen MR) is 84.9 cm³/mol. The molecule has 6 nitrogen and oxygen atoms in total. The van der Waals surface area contributed by atoms with E-state index in [-0.39, 0.29) is 5.91 Å². The van der Waals surface area contributed by atoms with Crippen molar-refractivity contribution in [1.82, 2.24) is 14.5 Å². The van der Waals surface area contributed by atoms with Gasteiger partial charge in [0.05, 0.1) is 4.90 Å². The Morgan fingerprint density at radius 2 is 1.77 bits per heavy atom. The molecule has 1 N–H and O–H groups in total. The maximum Gasteiger partial charge on any atom is 0.243 e. The molecule has 1 fully saturated rings. The molecule has 0 bridgehead atoms. The van der Waals surface area contributed by atoms with E-state index in [1.807, 2.05) is 7.05 Å². The fraction of sp³-hybridized carbons (Fsp3) is 0.533. The molecule has 1 aliphatic rings. The van der Waals surface area contributed by atoms with Gasteiger partial charge in [-0.1, -0.05) is 18.2 Å². The first-order chi connectivity index (χ1) is 10.6. The summed E-state index contributed by atoms with van der Waals surface area (Å²) >= 11 is 0. The third kappa shape index (κ3) is 4.06. The Labute approximate surface area is 132 Å². The SMILES string of the molecule is CNCCCC(=O)N1CCN(S(=O)(=O)c2ccccc2)CC1. The zero-order valence-electron chi connectivity index (χ0n) is 12.9. The molecule has 1 aromatic rings. The first-order valence-corrected chi connectivity index (χ1v) is 8.97. The Morgan fingerprint density at radius 3 is 2.36 bits per heavy atom. The lowest BCUT2D eigenvalue weighted by Gasteiger charge is -2.34. The molecule has 7 heteroatoms. The predicted octanol–water partition coefficient (Wildman–Crippen LogP) is 0.519. The summed E-state index contributed by atoms with van der Waals surface area (Å²) in [4.78, 5) is 14.1. The third-order valence-corrected chi connectivity index (χ3v) is 5.70. The van der Waals surface area contributed by atoms with Crippen LogP contribution in [-0.2, 0) is 14.8 Å². The van der Waals surface area contributed by atoms with E-state index in [2.05, 4.69) is 5.32 Å². The van der Waals surface area contributed by atoms with Gasteiger partial charge in [0.2, 0.25) is 15.9 Å².